The van der Waals surface area contributed by atoms with E-state index in [2.05, 4.69) is 20.0 Å². The number of H-pyrrole nitrogens is 1. The molecule has 1 aromatic heterocycles. The van der Waals surface area contributed by atoms with Crippen molar-refractivity contribution < 1.29 is 4.74 Å². The van der Waals surface area contributed by atoms with E-state index in [9.17, 15) is 4.79 Å². The fourth-order valence-corrected chi connectivity index (χ4v) is 2.61. The van der Waals surface area contributed by atoms with Crippen LogP contribution in [0.15, 0.2) is 47.4 Å². The van der Waals surface area contributed by atoms with Gasteiger partial charge in [-0.05, 0) is 18.2 Å². The first-order valence-corrected chi connectivity index (χ1v) is 7.52. The second kappa shape index (κ2) is 7.09. The second-order valence-corrected chi connectivity index (χ2v) is 5.26. The van der Waals surface area contributed by atoms with Crippen LogP contribution in [0.4, 0.5) is 5.69 Å². The van der Waals surface area contributed by atoms with E-state index in [1.165, 1.54) is 0 Å². The van der Waals surface area contributed by atoms with Crippen molar-refractivity contribution in [3.05, 3.63) is 52.9 Å². The standard InChI is InChI=1S/C16H20N4O2/c21-16-15(6-7-17-18-16)20-10-8-19(9-11-20)12-13-22-14-4-2-1-3-5-14/h1-7H,8-13H2,(H,18,21). The molecular formula is C16H20N4O2. The summed E-state index contributed by atoms with van der Waals surface area (Å²) >= 11 is 0. The van der Waals surface area contributed by atoms with Crippen LogP contribution in [-0.4, -0.2) is 54.4 Å². The van der Waals surface area contributed by atoms with Gasteiger partial charge in [0.15, 0.2) is 0 Å². The Hall–Kier alpha value is -2.34. The number of nitrogens with one attached hydrogen (secondary N) is 1. The Morgan fingerprint density at radius 1 is 1.09 bits per heavy atom. The summed E-state index contributed by atoms with van der Waals surface area (Å²) in [6, 6.07) is 11.6. The molecule has 1 N–H and O–H groups in total. The average molecular weight is 300 g/mol. The highest BCUT2D eigenvalue weighted by atomic mass is 16.5. The van der Waals surface area contributed by atoms with Crippen LogP contribution in [0.1, 0.15) is 0 Å². The molecule has 1 aliphatic heterocycles. The van der Waals surface area contributed by atoms with Crippen molar-refractivity contribution in [3.63, 3.8) is 0 Å². The number of benzene rings is 1. The quantitative estimate of drug-likeness (QED) is 0.891. The molecule has 1 saturated heterocycles. The molecule has 1 aromatic carbocycles. The Kier molecular flexibility index (Phi) is 4.70. The lowest BCUT2D eigenvalue weighted by Gasteiger charge is -2.35. The Morgan fingerprint density at radius 2 is 1.86 bits per heavy atom. The van der Waals surface area contributed by atoms with Gasteiger partial charge in [0, 0.05) is 38.9 Å². The topological polar surface area (TPSA) is 61.5 Å². The summed E-state index contributed by atoms with van der Waals surface area (Å²) in [5.74, 6) is 0.907. The number of hydrogen-bond donors (Lipinski definition) is 1. The molecule has 22 heavy (non-hydrogen) atoms. The predicted molar refractivity (Wildman–Crippen MR) is 85.4 cm³/mol. The molecule has 1 fully saturated rings. The van der Waals surface area contributed by atoms with Gasteiger partial charge in [0.2, 0.25) is 0 Å². The van der Waals surface area contributed by atoms with Crippen LogP contribution in [-0.2, 0) is 0 Å². The molecular weight excluding hydrogens is 280 g/mol. The monoisotopic (exact) mass is 300 g/mol. The largest absolute Gasteiger partial charge is 0.492 e. The number of ether oxygens (including phenoxy) is 1. The van der Waals surface area contributed by atoms with Gasteiger partial charge in [-0.15, -0.1) is 0 Å². The summed E-state index contributed by atoms with van der Waals surface area (Å²) in [4.78, 5) is 16.2. The van der Waals surface area contributed by atoms with E-state index < -0.39 is 0 Å². The summed E-state index contributed by atoms with van der Waals surface area (Å²) in [7, 11) is 0. The van der Waals surface area contributed by atoms with Gasteiger partial charge in [-0.25, -0.2) is 5.10 Å². The first kappa shape index (κ1) is 14.6. The van der Waals surface area contributed by atoms with Crippen LogP contribution in [0.5, 0.6) is 5.75 Å². The maximum Gasteiger partial charge on any atom is 0.287 e. The van der Waals surface area contributed by atoms with E-state index in [-0.39, 0.29) is 5.56 Å². The number of anilines is 1. The number of aromatic nitrogens is 2. The van der Waals surface area contributed by atoms with Gasteiger partial charge in [0.1, 0.15) is 18.0 Å². The molecule has 0 amide bonds. The Bertz CT molecular complexity index is 636. The zero-order valence-corrected chi connectivity index (χ0v) is 12.4. The van der Waals surface area contributed by atoms with Crippen molar-refractivity contribution in [2.45, 2.75) is 0 Å². The molecule has 0 aliphatic carbocycles. The molecule has 0 unspecified atom stereocenters. The number of rotatable bonds is 5. The maximum absolute atomic E-state index is 11.7. The van der Waals surface area contributed by atoms with Crippen LogP contribution in [0.3, 0.4) is 0 Å². The summed E-state index contributed by atoms with van der Waals surface area (Å²) < 4.78 is 5.72. The van der Waals surface area contributed by atoms with Crippen LogP contribution in [0, 0.1) is 0 Å². The highest BCUT2D eigenvalue weighted by Gasteiger charge is 2.18. The van der Waals surface area contributed by atoms with Crippen molar-refractivity contribution >= 4 is 5.69 Å². The Balaban J connectivity index is 1.44. The molecule has 0 bridgehead atoms. The molecule has 6 heteroatoms. The van der Waals surface area contributed by atoms with Crippen molar-refractivity contribution in [1.82, 2.24) is 15.1 Å². The minimum atomic E-state index is -0.122. The van der Waals surface area contributed by atoms with Crippen LogP contribution >= 0.6 is 0 Å². The van der Waals surface area contributed by atoms with E-state index in [0.29, 0.717) is 12.3 Å². The van der Waals surface area contributed by atoms with E-state index in [1.54, 1.807) is 12.3 Å². The predicted octanol–water partition coefficient (Wildman–Crippen LogP) is 0.971. The summed E-state index contributed by atoms with van der Waals surface area (Å²) in [5.41, 5.74) is 0.582. The minimum absolute atomic E-state index is 0.122. The molecule has 116 valence electrons. The van der Waals surface area contributed by atoms with Gasteiger partial charge in [0.05, 0.1) is 0 Å². The Morgan fingerprint density at radius 3 is 2.59 bits per heavy atom. The van der Waals surface area contributed by atoms with Gasteiger partial charge in [0.25, 0.3) is 5.56 Å². The average Bonchev–Trinajstić information content (AvgIpc) is 2.57. The molecule has 1 aliphatic rings. The van der Waals surface area contributed by atoms with Crippen molar-refractivity contribution in [2.75, 3.05) is 44.2 Å². The first-order valence-electron chi connectivity index (χ1n) is 7.52. The first-order chi connectivity index (χ1) is 10.8. The molecule has 2 aromatic rings. The zero-order chi connectivity index (χ0) is 15.2. The highest BCUT2D eigenvalue weighted by Crippen LogP contribution is 2.11. The van der Waals surface area contributed by atoms with Crippen molar-refractivity contribution in [3.8, 4) is 5.75 Å². The molecule has 0 saturated carbocycles. The van der Waals surface area contributed by atoms with Crippen LogP contribution in [0.2, 0.25) is 0 Å². The van der Waals surface area contributed by atoms with E-state index >= 15 is 0 Å². The third-order valence-corrected chi connectivity index (χ3v) is 3.84. The number of para-hydroxylation sites is 1. The normalized spacial score (nSPS) is 15.7. The number of piperazine rings is 1. The third kappa shape index (κ3) is 3.65. The number of aromatic amines is 1. The summed E-state index contributed by atoms with van der Waals surface area (Å²) in [5, 5.41) is 6.21. The third-order valence-electron chi connectivity index (χ3n) is 3.84. The van der Waals surface area contributed by atoms with E-state index in [1.807, 2.05) is 30.3 Å². The smallest absolute Gasteiger partial charge is 0.287 e. The molecule has 0 spiro atoms. The SMILES string of the molecule is O=c1[nH]nccc1N1CCN(CCOc2ccccc2)CC1. The van der Waals surface area contributed by atoms with Crippen LogP contribution < -0.4 is 15.2 Å². The fraction of sp³-hybridized carbons (Fsp3) is 0.375. The van der Waals surface area contributed by atoms with Crippen LogP contribution in [0.25, 0.3) is 0 Å². The lowest BCUT2D eigenvalue weighted by molar-refractivity contribution is 0.200. The fourth-order valence-electron chi connectivity index (χ4n) is 2.61. The maximum atomic E-state index is 11.7. The minimum Gasteiger partial charge on any atom is -0.492 e. The highest BCUT2D eigenvalue weighted by molar-refractivity contribution is 5.43. The van der Waals surface area contributed by atoms with E-state index in [0.717, 1.165) is 38.5 Å². The van der Waals surface area contributed by atoms with Gasteiger partial charge < -0.3 is 9.64 Å². The summed E-state index contributed by atoms with van der Waals surface area (Å²) in [6.45, 7) is 5.13. The van der Waals surface area contributed by atoms with E-state index in [4.69, 9.17) is 4.74 Å². The number of hydrogen-bond acceptors (Lipinski definition) is 5. The van der Waals surface area contributed by atoms with Crippen molar-refractivity contribution in [2.24, 2.45) is 0 Å². The van der Waals surface area contributed by atoms with Gasteiger partial charge in [-0.3, -0.25) is 9.69 Å². The number of nitrogens with zero attached hydrogens (tertiary/aromatic N) is 3. The van der Waals surface area contributed by atoms with Gasteiger partial charge >= 0.3 is 0 Å². The van der Waals surface area contributed by atoms with Gasteiger partial charge in [-0.2, -0.15) is 5.10 Å². The molecule has 0 radical (unpaired) electrons. The molecule has 2 heterocycles. The summed E-state index contributed by atoms with van der Waals surface area (Å²) in [6.07, 6.45) is 1.62. The second-order valence-electron chi connectivity index (χ2n) is 5.26. The molecule has 6 nitrogen and oxygen atoms in total. The molecule has 3 rings (SSSR count). The van der Waals surface area contributed by atoms with Crippen molar-refractivity contribution in [1.29, 1.82) is 0 Å². The lowest BCUT2D eigenvalue weighted by Crippen LogP contribution is -2.48. The van der Waals surface area contributed by atoms with Gasteiger partial charge in [-0.1, -0.05) is 18.2 Å². The molecule has 0 atom stereocenters. The zero-order valence-electron chi connectivity index (χ0n) is 12.4. The lowest BCUT2D eigenvalue weighted by atomic mass is 10.3. The Labute approximate surface area is 129 Å².